The van der Waals surface area contributed by atoms with Crippen molar-refractivity contribution in [1.29, 1.82) is 0 Å². The summed E-state index contributed by atoms with van der Waals surface area (Å²) in [6.07, 6.45) is 0.716. The Bertz CT molecular complexity index is 1200. The number of hydrogen-bond acceptors (Lipinski definition) is 4. The number of nitrogens with zero attached hydrogens (tertiary/aromatic N) is 2. The Labute approximate surface area is 187 Å². The molecule has 0 saturated heterocycles. The molecule has 0 aliphatic carbocycles. The van der Waals surface area contributed by atoms with Crippen LogP contribution in [-0.4, -0.2) is 29.7 Å². The summed E-state index contributed by atoms with van der Waals surface area (Å²) in [7, 11) is 3.27. The second-order valence-electron chi connectivity index (χ2n) is 7.56. The van der Waals surface area contributed by atoms with Crippen molar-refractivity contribution in [3.05, 3.63) is 89.7 Å². The summed E-state index contributed by atoms with van der Waals surface area (Å²) in [6, 6.07) is 22.9. The highest BCUT2D eigenvalue weighted by Gasteiger charge is 2.21. The quantitative estimate of drug-likeness (QED) is 0.429. The van der Waals surface area contributed by atoms with Gasteiger partial charge in [-0.2, -0.15) is 0 Å². The normalized spacial score (nSPS) is 11.8. The first-order valence-electron chi connectivity index (χ1n) is 10.7. The molecule has 0 spiro atoms. The van der Waals surface area contributed by atoms with Crippen molar-refractivity contribution < 1.29 is 14.3 Å². The van der Waals surface area contributed by atoms with E-state index in [1.54, 1.807) is 38.5 Å². The van der Waals surface area contributed by atoms with E-state index in [1.165, 1.54) is 0 Å². The molecule has 4 rings (SSSR count). The van der Waals surface area contributed by atoms with Crippen LogP contribution in [0.25, 0.3) is 11.0 Å². The first kappa shape index (κ1) is 21.4. The van der Waals surface area contributed by atoms with Gasteiger partial charge in [0, 0.05) is 12.1 Å². The lowest BCUT2D eigenvalue weighted by Crippen LogP contribution is -2.30. The third-order valence-corrected chi connectivity index (χ3v) is 5.56. The number of carbonyl (C=O) groups excluding carboxylic acids is 1. The summed E-state index contributed by atoms with van der Waals surface area (Å²) in [4.78, 5) is 17.8. The maximum atomic E-state index is 12.9. The highest BCUT2D eigenvalue weighted by molar-refractivity contribution is 5.94. The lowest BCUT2D eigenvalue weighted by atomic mass is 10.1. The Balaban J connectivity index is 1.66. The van der Waals surface area contributed by atoms with Gasteiger partial charge in [-0.3, -0.25) is 4.79 Å². The third-order valence-electron chi connectivity index (χ3n) is 5.56. The van der Waals surface area contributed by atoms with Crippen LogP contribution >= 0.6 is 0 Å². The number of imidazole rings is 1. The number of para-hydroxylation sites is 2. The Morgan fingerprint density at radius 2 is 1.56 bits per heavy atom. The first-order chi connectivity index (χ1) is 15.6. The molecule has 1 N–H and O–H groups in total. The molecule has 1 unspecified atom stereocenters. The standard InChI is InChI=1S/C26H27N3O3/c1-4-22(28-26(30)19-11-15-21(32-3)16-12-19)25-27-23-7-5-6-8-24(23)29(25)17-18-9-13-20(31-2)14-10-18/h5-16,22H,4,17H2,1-3H3,(H,28,30). The molecule has 3 aromatic carbocycles. The van der Waals surface area contributed by atoms with Gasteiger partial charge in [0.15, 0.2) is 0 Å². The summed E-state index contributed by atoms with van der Waals surface area (Å²) >= 11 is 0. The van der Waals surface area contributed by atoms with Gasteiger partial charge in [0.05, 0.1) is 31.3 Å². The van der Waals surface area contributed by atoms with Crippen LogP contribution in [0.2, 0.25) is 0 Å². The summed E-state index contributed by atoms with van der Waals surface area (Å²) in [6.45, 7) is 2.70. The van der Waals surface area contributed by atoms with E-state index in [-0.39, 0.29) is 11.9 Å². The minimum Gasteiger partial charge on any atom is -0.497 e. The summed E-state index contributed by atoms with van der Waals surface area (Å²) in [5, 5.41) is 3.16. The number of ether oxygens (including phenoxy) is 2. The second-order valence-corrected chi connectivity index (χ2v) is 7.56. The van der Waals surface area contributed by atoms with Gasteiger partial charge in [-0.1, -0.05) is 31.2 Å². The molecule has 0 fully saturated rings. The predicted molar refractivity (Wildman–Crippen MR) is 125 cm³/mol. The van der Waals surface area contributed by atoms with Crippen LogP contribution in [0, 0.1) is 0 Å². The second kappa shape index (κ2) is 9.56. The summed E-state index contributed by atoms with van der Waals surface area (Å²) in [5.41, 5.74) is 3.66. The molecule has 1 atom stereocenters. The number of carbonyl (C=O) groups is 1. The third kappa shape index (κ3) is 4.44. The SMILES string of the molecule is CCC(NC(=O)c1ccc(OC)cc1)c1nc2ccccc2n1Cc1ccc(OC)cc1. The van der Waals surface area contributed by atoms with Gasteiger partial charge in [0.1, 0.15) is 17.3 Å². The van der Waals surface area contributed by atoms with Gasteiger partial charge in [-0.25, -0.2) is 4.98 Å². The van der Waals surface area contributed by atoms with E-state index in [2.05, 4.69) is 22.9 Å². The fourth-order valence-electron chi connectivity index (χ4n) is 3.77. The summed E-state index contributed by atoms with van der Waals surface area (Å²) < 4.78 is 12.6. The van der Waals surface area contributed by atoms with E-state index >= 15 is 0 Å². The largest absolute Gasteiger partial charge is 0.497 e. The van der Waals surface area contributed by atoms with Crippen LogP contribution < -0.4 is 14.8 Å². The highest BCUT2D eigenvalue weighted by atomic mass is 16.5. The van der Waals surface area contributed by atoms with Crippen LogP contribution in [0.1, 0.15) is 41.1 Å². The number of nitrogens with one attached hydrogen (secondary N) is 1. The van der Waals surface area contributed by atoms with Crippen molar-refractivity contribution in [3.63, 3.8) is 0 Å². The molecule has 1 aromatic heterocycles. The molecule has 32 heavy (non-hydrogen) atoms. The van der Waals surface area contributed by atoms with Crippen LogP contribution in [0.3, 0.4) is 0 Å². The molecule has 0 bridgehead atoms. The zero-order valence-corrected chi connectivity index (χ0v) is 18.5. The molecule has 6 heteroatoms. The number of aromatic nitrogens is 2. The van der Waals surface area contributed by atoms with Gasteiger partial charge in [-0.05, 0) is 60.5 Å². The zero-order chi connectivity index (χ0) is 22.5. The van der Waals surface area contributed by atoms with Crippen molar-refractivity contribution in [2.75, 3.05) is 14.2 Å². The molecule has 1 heterocycles. The van der Waals surface area contributed by atoms with Crippen molar-refractivity contribution in [2.45, 2.75) is 25.9 Å². The maximum absolute atomic E-state index is 12.9. The van der Waals surface area contributed by atoms with Crippen molar-refractivity contribution in [1.82, 2.24) is 14.9 Å². The number of rotatable bonds is 8. The van der Waals surface area contributed by atoms with Gasteiger partial charge >= 0.3 is 0 Å². The maximum Gasteiger partial charge on any atom is 0.251 e. The lowest BCUT2D eigenvalue weighted by Gasteiger charge is -2.19. The Morgan fingerprint density at radius 3 is 2.19 bits per heavy atom. The van der Waals surface area contributed by atoms with E-state index < -0.39 is 0 Å². The van der Waals surface area contributed by atoms with E-state index in [9.17, 15) is 4.79 Å². The van der Waals surface area contributed by atoms with Gasteiger partial charge in [-0.15, -0.1) is 0 Å². The van der Waals surface area contributed by atoms with Crippen LogP contribution in [0.4, 0.5) is 0 Å². The van der Waals surface area contributed by atoms with Crippen LogP contribution in [0.15, 0.2) is 72.8 Å². The highest BCUT2D eigenvalue weighted by Crippen LogP contribution is 2.25. The van der Waals surface area contributed by atoms with Gasteiger partial charge < -0.3 is 19.4 Å². The fraction of sp³-hybridized carbons (Fsp3) is 0.231. The van der Waals surface area contributed by atoms with Gasteiger partial charge in [0.25, 0.3) is 5.91 Å². The van der Waals surface area contributed by atoms with Crippen molar-refractivity contribution in [2.24, 2.45) is 0 Å². The minimum absolute atomic E-state index is 0.137. The number of hydrogen-bond donors (Lipinski definition) is 1. The molecule has 4 aromatic rings. The lowest BCUT2D eigenvalue weighted by molar-refractivity contribution is 0.0933. The molecule has 0 radical (unpaired) electrons. The summed E-state index contributed by atoms with van der Waals surface area (Å²) in [5.74, 6) is 2.24. The number of fused-ring (bicyclic) bond motifs is 1. The van der Waals surface area contributed by atoms with E-state index in [0.29, 0.717) is 18.5 Å². The minimum atomic E-state index is -0.227. The Hall–Kier alpha value is -3.80. The number of methoxy groups -OCH3 is 2. The smallest absolute Gasteiger partial charge is 0.251 e. The number of amides is 1. The zero-order valence-electron chi connectivity index (χ0n) is 18.5. The molecular weight excluding hydrogens is 402 g/mol. The molecule has 0 aliphatic heterocycles. The van der Waals surface area contributed by atoms with Crippen LogP contribution in [-0.2, 0) is 6.54 Å². The first-order valence-corrected chi connectivity index (χ1v) is 10.7. The predicted octanol–water partition coefficient (Wildman–Crippen LogP) is 4.98. The van der Waals surface area contributed by atoms with E-state index in [0.717, 1.165) is 33.9 Å². The van der Waals surface area contributed by atoms with Crippen molar-refractivity contribution in [3.8, 4) is 11.5 Å². The number of benzene rings is 3. The average molecular weight is 430 g/mol. The molecule has 6 nitrogen and oxygen atoms in total. The topological polar surface area (TPSA) is 65.4 Å². The average Bonchev–Trinajstić information content (AvgIpc) is 3.21. The molecule has 1 amide bonds. The molecule has 0 aliphatic rings. The Kier molecular flexibility index (Phi) is 6.40. The Morgan fingerprint density at radius 1 is 0.938 bits per heavy atom. The molecular formula is C26H27N3O3. The van der Waals surface area contributed by atoms with Crippen LogP contribution in [0.5, 0.6) is 11.5 Å². The van der Waals surface area contributed by atoms with Crippen molar-refractivity contribution >= 4 is 16.9 Å². The van der Waals surface area contributed by atoms with E-state index in [4.69, 9.17) is 14.5 Å². The van der Waals surface area contributed by atoms with E-state index in [1.807, 2.05) is 42.5 Å². The molecule has 164 valence electrons. The van der Waals surface area contributed by atoms with Gasteiger partial charge in [0.2, 0.25) is 0 Å². The monoisotopic (exact) mass is 429 g/mol. The fourth-order valence-corrected chi connectivity index (χ4v) is 3.77. The molecule has 0 saturated carbocycles.